The number of nitrogens with zero attached hydrogens (tertiary/aromatic N) is 1. The van der Waals surface area contributed by atoms with Crippen molar-refractivity contribution in [3.8, 4) is 0 Å². The Balaban J connectivity index is 1.56. The summed E-state index contributed by atoms with van der Waals surface area (Å²) in [6.07, 6.45) is -0.328. The number of nitrogens with one attached hydrogen (secondary N) is 2. The van der Waals surface area contributed by atoms with Crippen LogP contribution in [0.3, 0.4) is 0 Å². The van der Waals surface area contributed by atoms with Crippen LogP contribution in [0.4, 0.5) is 0 Å². The van der Waals surface area contributed by atoms with Crippen LogP contribution >= 0.6 is 0 Å². The van der Waals surface area contributed by atoms with E-state index in [2.05, 4.69) is 10.6 Å². The number of amides is 2. The molecule has 160 valence electrons. The first-order valence-electron chi connectivity index (χ1n) is 9.68. The summed E-state index contributed by atoms with van der Waals surface area (Å²) in [6.45, 7) is 2.71. The molecule has 8 nitrogen and oxygen atoms in total. The first kappa shape index (κ1) is 21.9. The Labute approximate surface area is 176 Å². The van der Waals surface area contributed by atoms with Gasteiger partial charge in [-0.15, -0.1) is 0 Å². The minimum Gasteiger partial charge on any atom is -0.360 e. The molecule has 0 unspecified atom stereocenters. The van der Waals surface area contributed by atoms with Gasteiger partial charge in [0.05, 0.1) is 18.0 Å². The van der Waals surface area contributed by atoms with Crippen LogP contribution in [0, 0.1) is 6.92 Å². The molecule has 1 heterocycles. The van der Waals surface area contributed by atoms with Crippen LogP contribution in [-0.2, 0) is 30.9 Å². The fourth-order valence-corrected chi connectivity index (χ4v) is 4.65. The lowest BCUT2D eigenvalue weighted by Gasteiger charge is -2.34. The molecule has 2 amide bonds. The number of rotatable bonds is 6. The zero-order valence-corrected chi connectivity index (χ0v) is 17.5. The Morgan fingerprint density at radius 2 is 1.70 bits per heavy atom. The Hall–Kier alpha value is -2.75. The van der Waals surface area contributed by atoms with Gasteiger partial charge in [0, 0.05) is 13.1 Å². The maximum Gasteiger partial charge on any atom is 0.309 e. The van der Waals surface area contributed by atoms with Crippen LogP contribution < -0.4 is 10.6 Å². The molecule has 9 heteroatoms. The van der Waals surface area contributed by atoms with E-state index in [-0.39, 0.29) is 24.5 Å². The van der Waals surface area contributed by atoms with E-state index in [1.165, 1.54) is 16.4 Å². The average Bonchev–Trinajstić information content (AvgIpc) is 2.77. The summed E-state index contributed by atoms with van der Waals surface area (Å²) in [7, 11) is -3.77. The van der Waals surface area contributed by atoms with Gasteiger partial charge in [0.15, 0.2) is 0 Å². The van der Waals surface area contributed by atoms with Crippen LogP contribution in [0.2, 0.25) is 0 Å². The maximum absolute atomic E-state index is 12.9. The smallest absolute Gasteiger partial charge is 0.309 e. The van der Waals surface area contributed by atoms with Gasteiger partial charge in [-0.25, -0.2) is 8.42 Å². The van der Waals surface area contributed by atoms with E-state index < -0.39 is 28.1 Å². The van der Waals surface area contributed by atoms with Crippen molar-refractivity contribution in [3.05, 3.63) is 65.7 Å². The molecule has 1 saturated heterocycles. The molecule has 2 N–H and O–H groups in total. The molecule has 30 heavy (non-hydrogen) atoms. The largest absolute Gasteiger partial charge is 0.360 e. The lowest BCUT2D eigenvalue weighted by atomic mass is 10.1. The number of carbonyl (C=O) groups is 2. The zero-order valence-electron chi connectivity index (χ0n) is 16.7. The summed E-state index contributed by atoms with van der Waals surface area (Å²) >= 11 is 0. The predicted molar refractivity (Wildman–Crippen MR) is 111 cm³/mol. The van der Waals surface area contributed by atoms with Crippen molar-refractivity contribution in [2.45, 2.75) is 31.0 Å². The van der Waals surface area contributed by atoms with Gasteiger partial charge in [0.2, 0.25) is 10.0 Å². The molecule has 0 aromatic heterocycles. The lowest BCUT2D eigenvalue weighted by Crippen LogP contribution is -2.53. The number of sulfonamides is 1. The third kappa shape index (κ3) is 5.44. The van der Waals surface area contributed by atoms with Crippen molar-refractivity contribution in [1.29, 1.82) is 0 Å². The molecule has 1 aliphatic heterocycles. The highest BCUT2D eigenvalue weighted by molar-refractivity contribution is 7.89. The van der Waals surface area contributed by atoms with Crippen LogP contribution in [0.5, 0.6) is 0 Å². The standard InChI is InChI=1S/C21H25N3O5S/c1-16-8-10-17(11-9-16)14-22-20(25)21(26)23-15-19-24(12-5-13-29-19)30(27,28)18-6-3-2-4-7-18/h2-4,6-11,19H,5,12-15H2,1H3,(H,22,25)(H,23,26)/t19-/m1/s1. The van der Waals surface area contributed by atoms with E-state index in [0.717, 1.165) is 11.1 Å². The van der Waals surface area contributed by atoms with Gasteiger partial charge in [-0.1, -0.05) is 48.0 Å². The number of aryl methyl sites for hydroxylation is 1. The summed E-state index contributed by atoms with van der Waals surface area (Å²) in [6, 6.07) is 15.6. The van der Waals surface area contributed by atoms with Gasteiger partial charge < -0.3 is 15.4 Å². The van der Waals surface area contributed by atoms with Gasteiger partial charge in [0.25, 0.3) is 0 Å². The SMILES string of the molecule is Cc1ccc(CNC(=O)C(=O)NC[C@H]2OCCCN2S(=O)(=O)c2ccccc2)cc1. The summed E-state index contributed by atoms with van der Waals surface area (Å²) < 4.78 is 32.6. The van der Waals surface area contributed by atoms with E-state index in [1.54, 1.807) is 18.2 Å². The molecule has 0 spiro atoms. The minimum atomic E-state index is -3.77. The number of benzene rings is 2. The first-order valence-corrected chi connectivity index (χ1v) is 11.1. The number of hydrogen-bond acceptors (Lipinski definition) is 5. The summed E-state index contributed by atoms with van der Waals surface area (Å²) in [5.74, 6) is -1.63. The first-order chi connectivity index (χ1) is 14.4. The van der Waals surface area contributed by atoms with E-state index in [9.17, 15) is 18.0 Å². The molecule has 0 bridgehead atoms. The molecule has 2 aromatic carbocycles. The molecule has 1 fully saturated rings. The lowest BCUT2D eigenvalue weighted by molar-refractivity contribution is -0.140. The maximum atomic E-state index is 12.9. The van der Waals surface area contributed by atoms with Crippen molar-refractivity contribution < 1.29 is 22.7 Å². The summed E-state index contributed by atoms with van der Waals surface area (Å²) in [4.78, 5) is 24.4. The van der Waals surface area contributed by atoms with Crippen LogP contribution in [-0.4, -0.2) is 50.5 Å². The molecule has 3 rings (SSSR count). The quantitative estimate of drug-likeness (QED) is 0.668. The predicted octanol–water partition coefficient (Wildman–Crippen LogP) is 1.16. The zero-order chi connectivity index (χ0) is 21.6. The second kappa shape index (κ2) is 9.84. The number of hydrogen-bond donors (Lipinski definition) is 2. The monoisotopic (exact) mass is 431 g/mol. The highest BCUT2D eigenvalue weighted by Gasteiger charge is 2.34. The highest BCUT2D eigenvalue weighted by atomic mass is 32.2. The van der Waals surface area contributed by atoms with Crippen molar-refractivity contribution >= 4 is 21.8 Å². The molecule has 1 aliphatic rings. The average molecular weight is 432 g/mol. The van der Waals surface area contributed by atoms with Crippen molar-refractivity contribution in [3.63, 3.8) is 0 Å². The molecule has 1 atom stereocenters. The fraction of sp³-hybridized carbons (Fsp3) is 0.333. The third-order valence-electron chi connectivity index (χ3n) is 4.72. The van der Waals surface area contributed by atoms with E-state index in [1.807, 2.05) is 31.2 Å². The topological polar surface area (TPSA) is 105 Å². The molecular formula is C21H25N3O5S. The molecular weight excluding hydrogens is 406 g/mol. The normalized spacial score (nSPS) is 17.3. The fourth-order valence-electron chi connectivity index (χ4n) is 3.06. The van der Waals surface area contributed by atoms with Gasteiger partial charge in [0.1, 0.15) is 6.23 Å². The molecule has 0 aliphatic carbocycles. The second-order valence-corrected chi connectivity index (χ2v) is 8.88. The van der Waals surface area contributed by atoms with Crippen LogP contribution in [0.15, 0.2) is 59.5 Å². The Morgan fingerprint density at radius 3 is 2.40 bits per heavy atom. The molecule has 2 aromatic rings. The van der Waals surface area contributed by atoms with E-state index in [0.29, 0.717) is 13.0 Å². The van der Waals surface area contributed by atoms with Crippen LogP contribution in [0.25, 0.3) is 0 Å². The van der Waals surface area contributed by atoms with Crippen molar-refractivity contribution in [2.24, 2.45) is 0 Å². The number of carbonyl (C=O) groups excluding carboxylic acids is 2. The Bertz CT molecular complexity index is 977. The second-order valence-electron chi connectivity index (χ2n) is 6.99. The van der Waals surface area contributed by atoms with E-state index >= 15 is 0 Å². The van der Waals surface area contributed by atoms with Gasteiger partial charge in [-0.05, 0) is 31.0 Å². The molecule has 0 saturated carbocycles. The highest BCUT2D eigenvalue weighted by Crippen LogP contribution is 2.21. The number of ether oxygens (including phenoxy) is 1. The van der Waals surface area contributed by atoms with Gasteiger partial charge in [-0.2, -0.15) is 4.31 Å². The summed E-state index contributed by atoms with van der Waals surface area (Å²) in [5, 5.41) is 5.02. The van der Waals surface area contributed by atoms with E-state index in [4.69, 9.17) is 4.74 Å². The van der Waals surface area contributed by atoms with Gasteiger partial charge >= 0.3 is 11.8 Å². The Kier molecular flexibility index (Phi) is 7.20. The van der Waals surface area contributed by atoms with Crippen molar-refractivity contribution in [1.82, 2.24) is 14.9 Å². The summed E-state index contributed by atoms with van der Waals surface area (Å²) in [5.41, 5.74) is 1.97. The minimum absolute atomic E-state index is 0.122. The third-order valence-corrected chi connectivity index (χ3v) is 6.62. The molecule has 0 radical (unpaired) electrons. The van der Waals surface area contributed by atoms with Crippen LogP contribution in [0.1, 0.15) is 17.5 Å². The van der Waals surface area contributed by atoms with Crippen molar-refractivity contribution in [2.75, 3.05) is 19.7 Å². The van der Waals surface area contributed by atoms with Gasteiger partial charge in [-0.3, -0.25) is 9.59 Å². The Morgan fingerprint density at radius 1 is 1.03 bits per heavy atom.